The Kier molecular flexibility index (Phi) is 7.73. The monoisotopic (exact) mass is 389 g/mol. The Bertz CT molecular complexity index is 602. The maximum atomic E-state index is 12.2. The second kappa shape index (κ2) is 9.80. The number of nitrogens with one attached hydrogen (secondary N) is 1. The van der Waals surface area contributed by atoms with Crippen molar-refractivity contribution in [2.24, 2.45) is 10.9 Å². The lowest BCUT2D eigenvalue weighted by atomic mass is 10.1. The average Bonchev–Trinajstić information content (AvgIpc) is 3.10. The molecular formula is C18H26F3N3O3. The molecule has 2 N–H and O–H groups in total. The van der Waals surface area contributed by atoms with Gasteiger partial charge < -0.3 is 24.8 Å². The van der Waals surface area contributed by atoms with Crippen LogP contribution in [0.5, 0.6) is 5.75 Å². The minimum absolute atomic E-state index is 0.0906. The van der Waals surface area contributed by atoms with Crippen LogP contribution in [0.25, 0.3) is 0 Å². The molecule has 2 rings (SSSR count). The summed E-state index contributed by atoms with van der Waals surface area (Å²) in [6, 6.07) is 5.14. The molecule has 2 atom stereocenters. The van der Waals surface area contributed by atoms with E-state index in [2.05, 4.69) is 15.0 Å². The minimum atomic E-state index is -4.74. The van der Waals surface area contributed by atoms with Crippen LogP contribution in [-0.2, 0) is 4.74 Å². The van der Waals surface area contributed by atoms with Crippen LogP contribution in [0.15, 0.2) is 29.3 Å². The number of aliphatic hydroxyl groups is 1. The number of hydrogen-bond donors (Lipinski definition) is 2. The van der Waals surface area contributed by atoms with Crippen molar-refractivity contribution >= 4 is 5.96 Å². The fraction of sp³-hybridized carbons (Fsp3) is 0.611. The molecular weight excluding hydrogens is 363 g/mol. The summed E-state index contributed by atoms with van der Waals surface area (Å²) in [7, 11) is 1.93. The molecule has 2 unspecified atom stereocenters. The van der Waals surface area contributed by atoms with Gasteiger partial charge in [-0.15, -0.1) is 13.2 Å². The van der Waals surface area contributed by atoms with Gasteiger partial charge in [0.2, 0.25) is 0 Å². The molecule has 0 bridgehead atoms. The van der Waals surface area contributed by atoms with E-state index in [9.17, 15) is 18.3 Å². The molecule has 1 aliphatic rings. The number of rotatable bonds is 7. The molecule has 1 saturated heterocycles. The van der Waals surface area contributed by atoms with E-state index in [1.165, 1.54) is 24.3 Å². The highest BCUT2D eigenvalue weighted by atomic mass is 19.4. The normalized spacial score (nSPS) is 19.0. The average molecular weight is 389 g/mol. The van der Waals surface area contributed by atoms with Gasteiger partial charge in [-0.2, -0.15) is 0 Å². The van der Waals surface area contributed by atoms with Crippen LogP contribution >= 0.6 is 0 Å². The van der Waals surface area contributed by atoms with Gasteiger partial charge in [-0.3, -0.25) is 4.99 Å². The molecule has 0 saturated carbocycles. The second-order valence-electron chi connectivity index (χ2n) is 6.44. The number of alkyl halides is 3. The van der Waals surface area contributed by atoms with Gasteiger partial charge in [-0.1, -0.05) is 12.1 Å². The first kappa shape index (κ1) is 21.3. The largest absolute Gasteiger partial charge is 0.573 e. The lowest BCUT2D eigenvalue weighted by molar-refractivity contribution is -0.274. The number of halogens is 3. The summed E-state index contributed by atoms with van der Waals surface area (Å²) in [6.07, 6.45) is -4.65. The van der Waals surface area contributed by atoms with Crippen molar-refractivity contribution in [2.75, 3.05) is 39.9 Å². The molecule has 27 heavy (non-hydrogen) atoms. The number of nitrogens with zero attached hydrogens (tertiary/aromatic N) is 2. The predicted octanol–water partition coefficient (Wildman–Crippen LogP) is 2.55. The van der Waals surface area contributed by atoms with Crippen molar-refractivity contribution in [1.82, 2.24) is 10.2 Å². The number of hydrogen-bond acceptors (Lipinski definition) is 4. The fourth-order valence-electron chi connectivity index (χ4n) is 2.84. The van der Waals surface area contributed by atoms with Gasteiger partial charge in [-0.05, 0) is 31.0 Å². The molecule has 6 nitrogen and oxygen atoms in total. The Labute approximate surface area is 157 Å². The Morgan fingerprint density at radius 1 is 1.41 bits per heavy atom. The van der Waals surface area contributed by atoms with Gasteiger partial charge >= 0.3 is 6.36 Å². The summed E-state index contributed by atoms with van der Waals surface area (Å²) >= 11 is 0. The highest BCUT2D eigenvalue weighted by molar-refractivity contribution is 5.79. The molecule has 1 fully saturated rings. The van der Waals surface area contributed by atoms with Gasteiger partial charge in [0.05, 0.1) is 19.3 Å². The SMILES string of the molecule is CCNC(=NCC(O)c1ccc(OC(F)(F)F)cc1)N(C)CC1CCOC1. The second-order valence-corrected chi connectivity index (χ2v) is 6.44. The summed E-state index contributed by atoms with van der Waals surface area (Å²) in [5.74, 6) is 0.791. The standard InChI is InChI=1S/C18H26F3N3O3/c1-3-22-17(24(2)11-13-8-9-26-12-13)23-10-16(25)14-4-6-15(7-5-14)27-18(19,20)21/h4-7,13,16,25H,3,8-12H2,1-2H3,(H,22,23). The van der Waals surface area contributed by atoms with Gasteiger partial charge in [0, 0.05) is 32.7 Å². The van der Waals surface area contributed by atoms with Gasteiger partial charge in [0.25, 0.3) is 0 Å². The molecule has 0 radical (unpaired) electrons. The fourth-order valence-corrected chi connectivity index (χ4v) is 2.84. The van der Waals surface area contributed by atoms with E-state index in [1.807, 2.05) is 18.9 Å². The van der Waals surface area contributed by atoms with Crippen LogP contribution in [-0.4, -0.2) is 62.2 Å². The highest BCUT2D eigenvalue weighted by Gasteiger charge is 2.31. The van der Waals surface area contributed by atoms with Crippen molar-refractivity contribution in [3.63, 3.8) is 0 Å². The summed E-state index contributed by atoms with van der Waals surface area (Å²) in [4.78, 5) is 6.44. The molecule has 1 aromatic carbocycles. The molecule has 1 aliphatic heterocycles. The smallest absolute Gasteiger partial charge is 0.406 e. The van der Waals surface area contributed by atoms with Crippen molar-refractivity contribution < 1.29 is 27.8 Å². The lowest BCUT2D eigenvalue weighted by Gasteiger charge is -2.25. The van der Waals surface area contributed by atoms with E-state index < -0.39 is 12.5 Å². The van der Waals surface area contributed by atoms with Crippen LogP contribution in [0, 0.1) is 5.92 Å². The summed E-state index contributed by atoms with van der Waals surface area (Å²) < 4.78 is 45.8. The minimum Gasteiger partial charge on any atom is -0.406 e. The van der Waals surface area contributed by atoms with Gasteiger partial charge in [0.1, 0.15) is 5.75 Å². The predicted molar refractivity (Wildman–Crippen MR) is 95.6 cm³/mol. The van der Waals surface area contributed by atoms with Crippen LogP contribution in [0.3, 0.4) is 0 Å². The van der Waals surface area contributed by atoms with Crippen LogP contribution in [0.4, 0.5) is 13.2 Å². The molecule has 152 valence electrons. The van der Waals surface area contributed by atoms with Crippen LogP contribution < -0.4 is 10.1 Å². The third-order valence-corrected chi connectivity index (χ3v) is 4.16. The number of ether oxygens (including phenoxy) is 2. The van der Waals surface area contributed by atoms with E-state index in [0.717, 1.165) is 26.2 Å². The van der Waals surface area contributed by atoms with E-state index in [1.54, 1.807) is 0 Å². The Morgan fingerprint density at radius 3 is 2.67 bits per heavy atom. The summed E-state index contributed by atoms with van der Waals surface area (Å²) in [6.45, 7) is 5.04. The summed E-state index contributed by atoms with van der Waals surface area (Å²) in [5, 5.41) is 13.5. The third kappa shape index (κ3) is 7.26. The Hall–Kier alpha value is -2.00. The highest BCUT2D eigenvalue weighted by Crippen LogP contribution is 2.24. The van der Waals surface area contributed by atoms with E-state index >= 15 is 0 Å². The summed E-state index contributed by atoms with van der Waals surface area (Å²) in [5.41, 5.74) is 0.468. The maximum Gasteiger partial charge on any atom is 0.573 e. The third-order valence-electron chi connectivity index (χ3n) is 4.16. The van der Waals surface area contributed by atoms with Crippen molar-refractivity contribution in [3.8, 4) is 5.75 Å². The molecule has 1 aromatic rings. The first-order valence-electron chi connectivity index (χ1n) is 8.89. The molecule has 0 aromatic heterocycles. The first-order valence-corrected chi connectivity index (χ1v) is 8.89. The molecule has 9 heteroatoms. The zero-order valence-electron chi connectivity index (χ0n) is 15.5. The van der Waals surface area contributed by atoms with E-state index in [4.69, 9.17) is 4.74 Å². The van der Waals surface area contributed by atoms with Crippen LogP contribution in [0.1, 0.15) is 25.0 Å². The zero-order valence-corrected chi connectivity index (χ0v) is 15.5. The van der Waals surface area contributed by atoms with Crippen molar-refractivity contribution in [2.45, 2.75) is 25.8 Å². The number of benzene rings is 1. The number of aliphatic hydroxyl groups excluding tert-OH is 1. The number of aliphatic imine (C=N–C) groups is 1. The van der Waals surface area contributed by atoms with E-state index in [0.29, 0.717) is 24.0 Å². The maximum absolute atomic E-state index is 12.2. The van der Waals surface area contributed by atoms with Crippen molar-refractivity contribution in [3.05, 3.63) is 29.8 Å². The topological polar surface area (TPSA) is 66.3 Å². The Morgan fingerprint density at radius 2 is 2.11 bits per heavy atom. The van der Waals surface area contributed by atoms with E-state index in [-0.39, 0.29) is 12.3 Å². The van der Waals surface area contributed by atoms with Gasteiger partial charge in [-0.25, -0.2) is 0 Å². The molecule has 0 amide bonds. The van der Waals surface area contributed by atoms with Crippen molar-refractivity contribution in [1.29, 1.82) is 0 Å². The molecule has 1 heterocycles. The van der Waals surface area contributed by atoms with Gasteiger partial charge in [0.15, 0.2) is 5.96 Å². The lowest BCUT2D eigenvalue weighted by Crippen LogP contribution is -2.41. The number of guanidine groups is 1. The zero-order chi connectivity index (χ0) is 19.9. The molecule has 0 aliphatic carbocycles. The Balaban J connectivity index is 1.95. The first-order chi connectivity index (χ1) is 12.8. The van der Waals surface area contributed by atoms with Crippen LogP contribution in [0.2, 0.25) is 0 Å². The molecule has 0 spiro atoms. The quantitative estimate of drug-likeness (QED) is 0.554.